The van der Waals surface area contributed by atoms with Gasteiger partial charge in [0.1, 0.15) is 5.82 Å². The second-order valence-corrected chi connectivity index (χ2v) is 4.70. The fraction of sp³-hybridized carbons (Fsp3) is 0.538. The molecule has 0 aromatic carbocycles. The molecule has 0 saturated heterocycles. The number of hydrogen-bond donors (Lipinski definition) is 2. The van der Waals surface area contributed by atoms with Gasteiger partial charge in [0.2, 0.25) is 5.91 Å². The summed E-state index contributed by atoms with van der Waals surface area (Å²) in [5.74, 6) is 0.629. The molecule has 0 saturated carbocycles. The van der Waals surface area contributed by atoms with Gasteiger partial charge in [0.05, 0.1) is 12.6 Å². The van der Waals surface area contributed by atoms with E-state index in [1.54, 1.807) is 37.2 Å². The van der Waals surface area contributed by atoms with Crippen LogP contribution in [0.5, 0.6) is 0 Å². The number of carbonyl (C=O) groups excluding carboxylic acids is 1. The number of nitrogens with zero attached hydrogens (tertiary/aromatic N) is 2. The van der Waals surface area contributed by atoms with Gasteiger partial charge in [0, 0.05) is 19.3 Å². The monoisotopic (exact) mass is 251 g/mol. The molecule has 0 aliphatic heterocycles. The van der Waals surface area contributed by atoms with Crippen molar-refractivity contribution in [3.05, 3.63) is 23.9 Å². The minimum atomic E-state index is -0.537. The molecule has 0 aliphatic carbocycles. The van der Waals surface area contributed by atoms with Crippen molar-refractivity contribution in [2.24, 2.45) is 0 Å². The maximum atomic E-state index is 11.6. The highest BCUT2D eigenvalue weighted by molar-refractivity contribution is 5.81. The molecule has 1 heterocycles. The first-order valence-electron chi connectivity index (χ1n) is 6.04. The Hall–Kier alpha value is -1.62. The summed E-state index contributed by atoms with van der Waals surface area (Å²) in [6.45, 7) is 5.79. The minimum Gasteiger partial charge on any atom is -0.389 e. The summed E-state index contributed by atoms with van der Waals surface area (Å²) in [6.07, 6.45) is 1.10. The van der Waals surface area contributed by atoms with Crippen LogP contribution in [-0.2, 0) is 4.79 Å². The van der Waals surface area contributed by atoms with Crippen molar-refractivity contribution in [2.75, 3.05) is 18.5 Å². The number of aliphatic hydroxyl groups is 1. The largest absolute Gasteiger partial charge is 0.389 e. The first-order valence-corrected chi connectivity index (χ1v) is 6.04. The van der Waals surface area contributed by atoms with E-state index in [0.717, 1.165) is 5.56 Å². The van der Waals surface area contributed by atoms with Gasteiger partial charge in [-0.3, -0.25) is 4.79 Å². The lowest BCUT2D eigenvalue weighted by molar-refractivity contribution is -0.120. The highest BCUT2D eigenvalue weighted by Gasteiger charge is 2.10. The average molecular weight is 251 g/mol. The second-order valence-electron chi connectivity index (χ2n) is 4.70. The maximum Gasteiger partial charge on any atom is 0.239 e. The van der Waals surface area contributed by atoms with Crippen molar-refractivity contribution < 1.29 is 9.90 Å². The third-order valence-electron chi connectivity index (χ3n) is 2.47. The van der Waals surface area contributed by atoms with Crippen LogP contribution in [0.4, 0.5) is 5.82 Å². The lowest BCUT2D eigenvalue weighted by Crippen LogP contribution is -2.38. The van der Waals surface area contributed by atoms with E-state index in [4.69, 9.17) is 0 Å². The summed E-state index contributed by atoms with van der Waals surface area (Å²) in [4.78, 5) is 17.6. The number of pyridine rings is 1. The lowest BCUT2D eigenvalue weighted by atomic mass is 10.2. The van der Waals surface area contributed by atoms with Crippen molar-refractivity contribution in [1.82, 2.24) is 10.3 Å². The van der Waals surface area contributed by atoms with Gasteiger partial charge in [-0.2, -0.15) is 0 Å². The van der Waals surface area contributed by atoms with Crippen LogP contribution >= 0.6 is 0 Å². The van der Waals surface area contributed by atoms with Crippen LogP contribution in [0.15, 0.2) is 18.3 Å². The van der Waals surface area contributed by atoms with E-state index in [1.165, 1.54) is 0 Å². The summed E-state index contributed by atoms with van der Waals surface area (Å²) in [7, 11) is 1.80. The molecule has 5 nitrogen and oxygen atoms in total. The molecule has 0 fully saturated rings. The molecule has 5 heteroatoms. The molecule has 0 bridgehead atoms. The number of aliphatic hydroxyl groups excluding tert-OH is 1. The van der Waals surface area contributed by atoms with Crippen molar-refractivity contribution >= 4 is 11.7 Å². The van der Waals surface area contributed by atoms with Gasteiger partial charge in [0.25, 0.3) is 0 Å². The van der Waals surface area contributed by atoms with Gasteiger partial charge >= 0.3 is 0 Å². The SMILES string of the molecule is CC(C)NC(=O)CN(C)c1cc([C@@H](C)O)ccn1. The Morgan fingerprint density at radius 2 is 2.17 bits per heavy atom. The van der Waals surface area contributed by atoms with Crippen LogP contribution in [0.2, 0.25) is 0 Å². The Morgan fingerprint density at radius 1 is 1.50 bits per heavy atom. The summed E-state index contributed by atoms with van der Waals surface area (Å²) in [5, 5.41) is 12.3. The van der Waals surface area contributed by atoms with E-state index in [0.29, 0.717) is 5.82 Å². The van der Waals surface area contributed by atoms with Gasteiger partial charge in [0.15, 0.2) is 0 Å². The Kier molecular flexibility index (Phi) is 5.09. The molecule has 1 atom stereocenters. The van der Waals surface area contributed by atoms with E-state index in [9.17, 15) is 9.90 Å². The Labute approximate surface area is 108 Å². The first-order chi connectivity index (χ1) is 8.40. The summed E-state index contributed by atoms with van der Waals surface area (Å²) in [5.41, 5.74) is 0.788. The zero-order valence-corrected chi connectivity index (χ0v) is 11.3. The number of amides is 1. The lowest BCUT2D eigenvalue weighted by Gasteiger charge is -2.19. The van der Waals surface area contributed by atoms with Crippen molar-refractivity contribution in [1.29, 1.82) is 0 Å². The van der Waals surface area contributed by atoms with Crippen molar-refractivity contribution in [2.45, 2.75) is 32.9 Å². The predicted octanol–water partition coefficient (Wildman–Crippen LogP) is 1.10. The van der Waals surface area contributed by atoms with E-state index in [1.807, 2.05) is 13.8 Å². The van der Waals surface area contributed by atoms with Crippen LogP contribution in [0, 0.1) is 0 Å². The molecule has 100 valence electrons. The molecule has 1 rings (SSSR count). The van der Waals surface area contributed by atoms with Crippen LogP contribution < -0.4 is 10.2 Å². The third-order valence-corrected chi connectivity index (χ3v) is 2.47. The van der Waals surface area contributed by atoms with Gasteiger partial charge in [-0.05, 0) is 38.5 Å². The fourth-order valence-electron chi connectivity index (χ4n) is 1.57. The topological polar surface area (TPSA) is 65.5 Å². The van der Waals surface area contributed by atoms with Gasteiger partial charge < -0.3 is 15.3 Å². The zero-order chi connectivity index (χ0) is 13.7. The molecule has 0 spiro atoms. The fourth-order valence-corrected chi connectivity index (χ4v) is 1.57. The number of carbonyl (C=O) groups is 1. The van der Waals surface area contributed by atoms with Crippen LogP contribution in [0.3, 0.4) is 0 Å². The quantitative estimate of drug-likeness (QED) is 0.822. The minimum absolute atomic E-state index is 0.0447. The number of rotatable bonds is 5. The highest BCUT2D eigenvalue weighted by atomic mass is 16.3. The van der Waals surface area contributed by atoms with Crippen LogP contribution in [0.25, 0.3) is 0 Å². The Balaban J connectivity index is 2.69. The molecule has 1 amide bonds. The van der Waals surface area contributed by atoms with Crippen molar-refractivity contribution in [3.63, 3.8) is 0 Å². The molecule has 0 unspecified atom stereocenters. The molecule has 0 aliphatic rings. The first kappa shape index (κ1) is 14.4. The van der Waals surface area contributed by atoms with E-state index in [-0.39, 0.29) is 18.5 Å². The number of hydrogen-bond acceptors (Lipinski definition) is 4. The van der Waals surface area contributed by atoms with Gasteiger partial charge in [-0.25, -0.2) is 4.98 Å². The van der Waals surface area contributed by atoms with E-state index < -0.39 is 6.10 Å². The molecule has 1 aromatic rings. The standard InChI is InChI=1S/C13H21N3O2/c1-9(2)15-13(18)8-16(4)12-7-11(10(3)17)5-6-14-12/h5-7,9-10,17H,8H2,1-4H3,(H,15,18)/t10-/m1/s1. The molecule has 18 heavy (non-hydrogen) atoms. The molecular weight excluding hydrogens is 230 g/mol. The smallest absolute Gasteiger partial charge is 0.239 e. The number of nitrogens with one attached hydrogen (secondary N) is 1. The van der Waals surface area contributed by atoms with E-state index >= 15 is 0 Å². The van der Waals surface area contributed by atoms with Crippen LogP contribution in [0.1, 0.15) is 32.4 Å². The van der Waals surface area contributed by atoms with Gasteiger partial charge in [-0.15, -0.1) is 0 Å². The summed E-state index contributed by atoms with van der Waals surface area (Å²) in [6, 6.07) is 3.67. The Morgan fingerprint density at radius 3 is 2.72 bits per heavy atom. The molecule has 1 aromatic heterocycles. The summed E-state index contributed by atoms with van der Waals surface area (Å²) < 4.78 is 0. The number of aromatic nitrogens is 1. The van der Waals surface area contributed by atoms with Crippen molar-refractivity contribution in [3.8, 4) is 0 Å². The van der Waals surface area contributed by atoms with E-state index in [2.05, 4.69) is 10.3 Å². The number of likely N-dealkylation sites (N-methyl/N-ethyl adjacent to an activating group) is 1. The van der Waals surface area contributed by atoms with Gasteiger partial charge in [-0.1, -0.05) is 0 Å². The Bertz CT molecular complexity index is 405. The van der Waals surface area contributed by atoms with Crippen LogP contribution in [-0.4, -0.2) is 35.6 Å². The number of anilines is 1. The molecule has 0 radical (unpaired) electrons. The molecular formula is C13H21N3O2. The predicted molar refractivity (Wildman–Crippen MR) is 71.4 cm³/mol. The maximum absolute atomic E-state index is 11.6. The molecule has 2 N–H and O–H groups in total. The normalized spacial score (nSPS) is 12.3. The third kappa shape index (κ3) is 4.33. The average Bonchev–Trinajstić information content (AvgIpc) is 2.27. The second kappa shape index (κ2) is 6.35. The highest BCUT2D eigenvalue weighted by Crippen LogP contribution is 2.16. The summed E-state index contributed by atoms with van der Waals surface area (Å²) >= 11 is 0. The zero-order valence-electron chi connectivity index (χ0n) is 11.3.